The van der Waals surface area contributed by atoms with Crippen LogP contribution in [0.3, 0.4) is 0 Å². The largest absolute Gasteiger partial charge is 0.546 e. The van der Waals surface area contributed by atoms with Gasteiger partial charge in [-0.15, -0.1) is 0 Å². The van der Waals surface area contributed by atoms with Crippen LogP contribution in [-0.4, -0.2) is 18.4 Å². The van der Waals surface area contributed by atoms with Gasteiger partial charge in [-0.05, 0) is 18.9 Å². The fourth-order valence-electron chi connectivity index (χ4n) is 1.92. The lowest BCUT2D eigenvalue weighted by atomic mass is 9.90. The molecular formula is C12H11O4-. The molecule has 0 saturated heterocycles. The second-order valence-corrected chi connectivity index (χ2v) is 3.72. The molecule has 0 atom stereocenters. The summed E-state index contributed by atoms with van der Waals surface area (Å²) < 4.78 is 5.10. The minimum Gasteiger partial charge on any atom is -0.546 e. The van der Waals surface area contributed by atoms with Crippen LogP contribution in [0.1, 0.15) is 28.8 Å². The van der Waals surface area contributed by atoms with Crippen LogP contribution >= 0.6 is 0 Å². The van der Waals surface area contributed by atoms with E-state index in [4.69, 9.17) is 4.74 Å². The van der Waals surface area contributed by atoms with Crippen LogP contribution in [0.15, 0.2) is 18.2 Å². The van der Waals surface area contributed by atoms with Crippen LogP contribution < -0.4 is 9.84 Å². The number of ketones is 1. The Balaban J connectivity index is 2.29. The van der Waals surface area contributed by atoms with Crippen molar-refractivity contribution >= 4 is 11.8 Å². The molecule has 0 spiro atoms. The molecule has 16 heavy (non-hydrogen) atoms. The summed E-state index contributed by atoms with van der Waals surface area (Å²) >= 11 is 0. The average molecular weight is 219 g/mol. The number of aliphatic carboxylic acids is 1. The third kappa shape index (κ3) is 2.05. The highest BCUT2D eigenvalue weighted by atomic mass is 16.5. The van der Waals surface area contributed by atoms with Gasteiger partial charge in [0.05, 0.1) is 5.97 Å². The lowest BCUT2D eigenvalue weighted by molar-refractivity contribution is -0.307. The second-order valence-electron chi connectivity index (χ2n) is 3.72. The maximum atomic E-state index is 11.6. The Morgan fingerprint density at radius 3 is 2.94 bits per heavy atom. The van der Waals surface area contributed by atoms with Crippen LogP contribution in [0.4, 0.5) is 0 Å². The van der Waals surface area contributed by atoms with Crippen molar-refractivity contribution in [2.75, 3.05) is 6.61 Å². The minimum absolute atomic E-state index is 0.0974. The molecule has 2 rings (SSSR count). The van der Waals surface area contributed by atoms with E-state index in [1.54, 1.807) is 18.2 Å². The molecule has 0 radical (unpaired) electrons. The van der Waals surface area contributed by atoms with Gasteiger partial charge < -0.3 is 14.6 Å². The fraction of sp³-hybridized carbons (Fsp3) is 0.333. The monoisotopic (exact) mass is 219 g/mol. The van der Waals surface area contributed by atoms with Crippen molar-refractivity contribution in [2.45, 2.75) is 19.3 Å². The number of Topliss-reactive ketones (excluding diaryl/α,β-unsaturated/α-hetero) is 1. The first kappa shape index (κ1) is 10.7. The maximum absolute atomic E-state index is 11.6. The molecule has 0 fully saturated rings. The molecule has 0 bridgehead atoms. The van der Waals surface area contributed by atoms with Gasteiger partial charge in [-0.25, -0.2) is 0 Å². The van der Waals surface area contributed by atoms with E-state index in [0.29, 0.717) is 17.7 Å². The molecule has 0 unspecified atom stereocenters. The molecule has 0 aliphatic heterocycles. The lowest BCUT2D eigenvalue weighted by Crippen LogP contribution is -2.29. The summed E-state index contributed by atoms with van der Waals surface area (Å²) in [5.41, 5.74) is 1.47. The van der Waals surface area contributed by atoms with Crippen molar-refractivity contribution in [2.24, 2.45) is 0 Å². The Kier molecular flexibility index (Phi) is 2.90. The lowest BCUT2D eigenvalue weighted by Gasteiger charge is -2.18. The van der Waals surface area contributed by atoms with Gasteiger partial charge in [0.15, 0.2) is 5.78 Å². The Labute approximate surface area is 92.8 Å². The molecule has 4 nitrogen and oxygen atoms in total. The Morgan fingerprint density at radius 2 is 2.19 bits per heavy atom. The summed E-state index contributed by atoms with van der Waals surface area (Å²) in [6, 6.07) is 5.13. The average Bonchev–Trinajstić information content (AvgIpc) is 2.27. The zero-order valence-electron chi connectivity index (χ0n) is 8.69. The van der Waals surface area contributed by atoms with E-state index in [-0.39, 0.29) is 5.78 Å². The number of hydrogen-bond acceptors (Lipinski definition) is 4. The normalized spacial score (nSPS) is 14.4. The fourth-order valence-corrected chi connectivity index (χ4v) is 1.92. The maximum Gasteiger partial charge on any atom is 0.163 e. The number of carboxylic acid groups (broad SMARTS) is 1. The quantitative estimate of drug-likeness (QED) is 0.735. The number of rotatable bonds is 3. The Morgan fingerprint density at radius 1 is 1.38 bits per heavy atom. The van der Waals surface area contributed by atoms with E-state index in [2.05, 4.69) is 0 Å². The molecule has 0 saturated carbocycles. The smallest absolute Gasteiger partial charge is 0.163 e. The summed E-state index contributed by atoms with van der Waals surface area (Å²) in [7, 11) is 0. The summed E-state index contributed by atoms with van der Waals surface area (Å²) in [6.45, 7) is -0.482. The zero-order valence-corrected chi connectivity index (χ0v) is 8.69. The standard InChI is InChI=1S/C12H12O4/c13-10-5-1-4-9-8(10)3-2-6-11(9)16-7-12(14)15/h2-3,6H,1,4-5,7H2,(H,14,15)/p-1. The number of benzene rings is 1. The number of ether oxygens (including phenoxy) is 1. The molecule has 0 aromatic heterocycles. The molecule has 1 aromatic rings. The molecular weight excluding hydrogens is 208 g/mol. The first-order valence-electron chi connectivity index (χ1n) is 5.16. The van der Waals surface area contributed by atoms with Gasteiger partial charge in [-0.2, -0.15) is 0 Å². The minimum atomic E-state index is -1.26. The highest BCUT2D eigenvalue weighted by molar-refractivity contribution is 5.99. The van der Waals surface area contributed by atoms with Crippen LogP contribution in [0.5, 0.6) is 5.75 Å². The van der Waals surface area contributed by atoms with Crippen molar-refractivity contribution in [3.05, 3.63) is 29.3 Å². The molecule has 0 amide bonds. The molecule has 84 valence electrons. The molecule has 1 aromatic carbocycles. The van der Waals surface area contributed by atoms with E-state index < -0.39 is 12.6 Å². The highest BCUT2D eigenvalue weighted by Crippen LogP contribution is 2.29. The third-order valence-corrected chi connectivity index (χ3v) is 2.61. The van der Waals surface area contributed by atoms with Gasteiger partial charge in [-0.3, -0.25) is 4.79 Å². The molecule has 1 aliphatic carbocycles. The topological polar surface area (TPSA) is 66.4 Å². The molecule has 4 heteroatoms. The first-order chi connectivity index (χ1) is 7.68. The summed E-state index contributed by atoms with van der Waals surface area (Å²) in [5.74, 6) is -0.686. The van der Waals surface area contributed by atoms with Crippen LogP contribution in [0.2, 0.25) is 0 Å². The van der Waals surface area contributed by atoms with E-state index in [9.17, 15) is 14.7 Å². The highest BCUT2D eigenvalue weighted by Gasteiger charge is 2.19. The van der Waals surface area contributed by atoms with E-state index in [1.165, 1.54) is 0 Å². The predicted octanol–water partition coefficient (Wildman–Crippen LogP) is 0.334. The molecule has 1 aliphatic rings. The Hall–Kier alpha value is -1.84. The number of carbonyl (C=O) groups excluding carboxylic acids is 2. The van der Waals surface area contributed by atoms with Gasteiger partial charge in [-0.1, -0.05) is 12.1 Å². The SMILES string of the molecule is O=C([O-])COc1cccc2c1CCCC2=O. The van der Waals surface area contributed by atoms with Crippen molar-refractivity contribution in [1.82, 2.24) is 0 Å². The summed E-state index contributed by atoms with van der Waals surface area (Å²) in [6.07, 6.45) is 2.10. The van der Waals surface area contributed by atoms with Crippen LogP contribution in [0, 0.1) is 0 Å². The van der Waals surface area contributed by atoms with Crippen LogP contribution in [0.25, 0.3) is 0 Å². The summed E-state index contributed by atoms with van der Waals surface area (Å²) in [4.78, 5) is 21.9. The molecule has 0 heterocycles. The number of hydrogen-bond donors (Lipinski definition) is 0. The van der Waals surface area contributed by atoms with E-state index >= 15 is 0 Å². The predicted molar refractivity (Wildman–Crippen MR) is 54.2 cm³/mol. The number of carboxylic acids is 1. The van der Waals surface area contributed by atoms with Gasteiger partial charge in [0.2, 0.25) is 0 Å². The number of carbonyl (C=O) groups is 2. The molecule has 0 N–H and O–H groups in total. The van der Waals surface area contributed by atoms with E-state index in [0.717, 1.165) is 18.4 Å². The van der Waals surface area contributed by atoms with Gasteiger partial charge in [0.25, 0.3) is 0 Å². The zero-order chi connectivity index (χ0) is 11.5. The van der Waals surface area contributed by atoms with Crippen molar-refractivity contribution < 1.29 is 19.4 Å². The van der Waals surface area contributed by atoms with E-state index in [1.807, 2.05) is 0 Å². The number of fused-ring (bicyclic) bond motifs is 1. The summed E-state index contributed by atoms with van der Waals surface area (Å²) in [5, 5.41) is 10.3. The first-order valence-corrected chi connectivity index (χ1v) is 5.16. The Bertz CT molecular complexity index is 437. The van der Waals surface area contributed by atoms with Gasteiger partial charge >= 0.3 is 0 Å². The van der Waals surface area contributed by atoms with Crippen LogP contribution in [-0.2, 0) is 11.2 Å². The van der Waals surface area contributed by atoms with Crippen molar-refractivity contribution in [3.63, 3.8) is 0 Å². The van der Waals surface area contributed by atoms with Gasteiger partial charge in [0.1, 0.15) is 12.4 Å². The van der Waals surface area contributed by atoms with Gasteiger partial charge in [0, 0.05) is 17.5 Å². The second kappa shape index (κ2) is 4.35. The third-order valence-electron chi connectivity index (χ3n) is 2.61. The van der Waals surface area contributed by atoms with Crippen molar-refractivity contribution in [3.8, 4) is 5.75 Å². The van der Waals surface area contributed by atoms with Crippen molar-refractivity contribution in [1.29, 1.82) is 0 Å².